The number of carbonyl (C=O) groups is 1. The van der Waals surface area contributed by atoms with E-state index in [-0.39, 0.29) is 0 Å². The highest BCUT2D eigenvalue weighted by Crippen LogP contribution is 2.31. The van der Waals surface area contributed by atoms with Crippen molar-refractivity contribution in [1.29, 1.82) is 0 Å². The molecule has 2 fully saturated rings. The van der Waals surface area contributed by atoms with Crippen molar-refractivity contribution < 1.29 is 14.6 Å². The van der Waals surface area contributed by atoms with Gasteiger partial charge in [-0.3, -0.25) is 4.90 Å². The third-order valence-corrected chi connectivity index (χ3v) is 4.79. The Hall–Kier alpha value is -1.55. The van der Waals surface area contributed by atoms with Crippen LogP contribution in [0.1, 0.15) is 42.5 Å². The molecule has 2 atom stereocenters. The summed E-state index contributed by atoms with van der Waals surface area (Å²) in [6, 6.07) is 7.40. The highest BCUT2D eigenvalue weighted by molar-refractivity contribution is 5.87. The molecule has 0 spiro atoms. The smallest absolute Gasteiger partial charge is 0.335 e. The highest BCUT2D eigenvalue weighted by atomic mass is 16.5. The van der Waals surface area contributed by atoms with E-state index in [0.29, 0.717) is 17.5 Å². The van der Waals surface area contributed by atoms with Gasteiger partial charge in [0.15, 0.2) is 0 Å². The van der Waals surface area contributed by atoms with Crippen LogP contribution in [-0.4, -0.2) is 41.7 Å². The van der Waals surface area contributed by atoms with Crippen molar-refractivity contribution in [3.05, 3.63) is 29.8 Å². The van der Waals surface area contributed by atoms with Crippen molar-refractivity contribution >= 4 is 5.97 Å². The maximum Gasteiger partial charge on any atom is 0.335 e. The lowest BCUT2D eigenvalue weighted by Crippen LogP contribution is -2.49. The second-order valence-electron chi connectivity index (χ2n) is 6.14. The normalized spacial score (nSPS) is 26.1. The number of hydrogen-bond acceptors (Lipinski definition) is 3. The van der Waals surface area contributed by atoms with Crippen LogP contribution in [0.4, 0.5) is 0 Å². The molecule has 2 saturated heterocycles. The summed E-state index contributed by atoms with van der Waals surface area (Å²) in [7, 11) is 0. The zero-order valence-electron chi connectivity index (χ0n) is 12.3. The fourth-order valence-electron chi connectivity index (χ4n) is 3.67. The van der Waals surface area contributed by atoms with E-state index in [0.717, 1.165) is 12.4 Å². The van der Waals surface area contributed by atoms with Gasteiger partial charge in [-0.15, -0.1) is 0 Å². The number of ether oxygens (including phenoxy) is 1. The van der Waals surface area contributed by atoms with Crippen molar-refractivity contribution in [2.75, 3.05) is 19.7 Å². The molecule has 2 aliphatic heterocycles. The van der Waals surface area contributed by atoms with Gasteiger partial charge in [0, 0.05) is 12.0 Å². The standard InChI is InChI=1S/C17H23NO3/c19-17(20)13-6-8-15(9-7-13)21-12-14-4-3-11-18-10-2-1-5-16(14)18/h6-9,14,16H,1-5,10-12H2,(H,19,20)/t14-,16+/m0/s1. The average molecular weight is 289 g/mol. The lowest BCUT2D eigenvalue weighted by molar-refractivity contribution is 0.0366. The van der Waals surface area contributed by atoms with E-state index in [1.807, 2.05) is 0 Å². The van der Waals surface area contributed by atoms with E-state index in [1.54, 1.807) is 24.3 Å². The van der Waals surface area contributed by atoms with Gasteiger partial charge in [-0.2, -0.15) is 0 Å². The first-order chi connectivity index (χ1) is 10.2. The molecule has 0 aliphatic carbocycles. The van der Waals surface area contributed by atoms with Crippen LogP contribution in [0.25, 0.3) is 0 Å². The van der Waals surface area contributed by atoms with Crippen LogP contribution in [0.2, 0.25) is 0 Å². The van der Waals surface area contributed by atoms with Crippen LogP contribution < -0.4 is 4.74 Å². The topological polar surface area (TPSA) is 49.8 Å². The first-order valence-corrected chi connectivity index (χ1v) is 7.94. The fourth-order valence-corrected chi connectivity index (χ4v) is 3.67. The van der Waals surface area contributed by atoms with Gasteiger partial charge in [-0.25, -0.2) is 4.79 Å². The number of hydrogen-bond donors (Lipinski definition) is 1. The molecule has 1 aromatic carbocycles. The number of benzene rings is 1. The number of rotatable bonds is 4. The minimum atomic E-state index is -0.897. The molecular weight excluding hydrogens is 266 g/mol. The largest absolute Gasteiger partial charge is 0.493 e. The van der Waals surface area contributed by atoms with Gasteiger partial charge >= 0.3 is 5.97 Å². The molecule has 0 aromatic heterocycles. The molecular formula is C17H23NO3. The Kier molecular flexibility index (Phi) is 4.44. The van der Waals surface area contributed by atoms with E-state index < -0.39 is 5.97 Å². The number of carboxylic acid groups (broad SMARTS) is 1. The quantitative estimate of drug-likeness (QED) is 0.925. The Bertz CT molecular complexity index is 483. The Labute approximate surface area is 125 Å². The van der Waals surface area contributed by atoms with Crippen LogP contribution in [0.3, 0.4) is 0 Å². The van der Waals surface area contributed by atoms with E-state index in [4.69, 9.17) is 9.84 Å². The molecule has 0 amide bonds. The molecule has 2 heterocycles. The van der Waals surface area contributed by atoms with Crippen molar-refractivity contribution in [2.24, 2.45) is 5.92 Å². The van der Waals surface area contributed by atoms with E-state index >= 15 is 0 Å². The molecule has 21 heavy (non-hydrogen) atoms. The molecule has 114 valence electrons. The van der Waals surface area contributed by atoms with E-state index in [2.05, 4.69) is 4.90 Å². The lowest BCUT2D eigenvalue weighted by atomic mass is 9.84. The monoisotopic (exact) mass is 289 g/mol. The summed E-state index contributed by atoms with van der Waals surface area (Å²) in [5, 5.41) is 8.89. The minimum Gasteiger partial charge on any atom is -0.493 e. The van der Waals surface area contributed by atoms with Gasteiger partial charge in [0.1, 0.15) is 5.75 Å². The predicted molar refractivity (Wildman–Crippen MR) is 80.8 cm³/mol. The second kappa shape index (κ2) is 6.48. The summed E-state index contributed by atoms with van der Waals surface area (Å²) in [6.45, 7) is 3.23. The maximum absolute atomic E-state index is 10.8. The van der Waals surface area contributed by atoms with Gasteiger partial charge in [-0.1, -0.05) is 6.42 Å². The summed E-state index contributed by atoms with van der Waals surface area (Å²) in [4.78, 5) is 13.5. The zero-order chi connectivity index (χ0) is 14.7. The van der Waals surface area contributed by atoms with E-state index in [1.165, 1.54) is 45.2 Å². The molecule has 4 heteroatoms. The first kappa shape index (κ1) is 14.4. The van der Waals surface area contributed by atoms with Crippen LogP contribution in [-0.2, 0) is 0 Å². The molecule has 0 radical (unpaired) electrons. The predicted octanol–water partition coefficient (Wildman–Crippen LogP) is 3.03. The molecule has 0 unspecified atom stereocenters. The van der Waals surface area contributed by atoms with Crippen molar-refractivity contribution in [1.82, 2.24) is 4.90 Å². The molecule has 2 aliphatic rings. The molecule has 1 aromatic rings. The van der Waals surface area contributed by atoms with Gasteiger partial charge < -0.3 is 9.84 Å². The van der Waals surface area contributed by atoms with Crippen molar-refractivity contribution in [3.63, 3.8) is 0 Å². The lowest BCUT2D eigenvalue weighted by Gasteiger charge is -2.44. The van der Waals surface area contributed by atoms with Crippen LogP contribution >= 0.6 is 0 Å². The van der Waals surface area contributed by atoms with Gasteiger partial charge in [-0.05, 0) is 63.0 Å². The summed E-state index contributed by atoms with van der Waals surface area (Å²) in [5.41, 5.74) is 0.304. The fraction of sp³-hybridized carbons (Fsp3) is 0.588. The SMILES string of the molecule is O=C(O)c1ccc(OC[C@@H]2CCCN3CCCC[C@H]23)cc1. The summed E-state index contributed by atoms with van der Waals surface area (Å²) in [5.74, 6) is 0.484. The summed E-state index contributed by atoms with van der Waals surface area (Å²) < 4.78 is 5.91. The number of carboxylic acids is 1. The van der Waals surface area contributed by atoms with Crippen LogP contribution in [0.5, 0.6) is 5.75 Å². The van der Waals surface area contributed by atoms with Crippen molar-refractivity contribution in [2.45, 2.75) is 38.1 Å². The molecule has 3 rings (SSSR count). The second-order valence-corrected chi connectivity index (χ2v) is 6.14. The molecule has 0 bridgehead atoms. The third kappa shape index (κ3) is 3.38. The molecule has 4 nitrogen and oxygen atoms in total. The average Bonchev–Trinajstić information content (AvgIpc) is 2.53. The first-order valence-electron chi connectivity index (χ1n) is 7.94. The number of piperidine rings is 2. The van der Waals surface area contributed by atoms with Gasteiger partial charge in [0.05, 0.1) is 12.2 Å². The summed E-state index contributed by atoms with van der Waals surface area (Å²) in [6.07, 6.45) is 6.48. The van der Waals surface area contributed by atoms with Gasteiger partial charge in [0.2, 0.25) is 0 Å². The Balaban J connectivity index is 1.57. The minimum absolute atomic E-state index is 0.304. The number of fused-ring (bicyclic) bond motifs is 1. The third-order valence-electron chi connectivity index (χ3n) is 4.79. The number of nitrogens with zero attached hydrogens (tertiary/aromatic N) is 1. The highest BCUT2D eigenvalue weighted by Gasteiger charge is 2.33. The zero-order valence-corrected chi connectivity index (χ0v) is 12.3. The molecule has 1 N–H and O–H groups in total. The van der Waals surface area contributed by atoms with Gasteiger partial charge in [0.25, 0.3) is 0 Å². The molecule has 0 saturated carbocycles. The number of aromatic carboxylic acids is 1. The Morgan fingerprint density at radius 3 is 2.67 bits per heavy atom. The van der Waals surface area contributed by atoms with Crippen molar-refractivity contribution in [3.8, 4) is 5.75 Å². The van der Waals surface area contributed by atoms with E-state index in [9.17, 15) is 4.79 Å². The summed E-state index contributed by atoms with van der Waals surface area (Å²) >= 11 is 0. The Morgan fingerprint density at radius 2 is 1.90 bits per heavy atom. The van der Waals surface area contributed by atoms with Crippen LogP contribution in [0, 0.1) is 5.92 Å². The van der Waals surface area contributed by atoms with Crippen LogP contribution in [0.15, 0.2) is 24.3 Å². The maximum atomic E-state index is 10.8. The Morgan fingerprint density at radius 1 is 1.14 bits per heavy atom.